The van der Waals surface area contributed by atoms with E-state index in [0.717, 1.165) is 5.56 Å². The zero-order valence-electron chi connectivity index (χ0n) is 8.00. The molecule has 0 saturated carbocycles. The molecular weight excluding hydrogens is 167 g/mol. The first-order valence-corrected chi connectivity index (χ1v) is 4.40. The summed E-state index contributed by atoms with van der Waals surface area (Å²) >= 11 is 0. The predicted molar refractivity (Wildman–Crippen MR) is 51.5 cm³/mol. The molecule has 1 aromatic rings. The van der Waals surface area contributed by atoms with E-state index >= 15 is 0 Å². The van der Waals surface area contributed by atoms with E-state index in [2.05, 4.69) is 0 Å². The molecule has 1 N–H and O–H groups in total. The number of hydrogen-bond acceptors (Lipinski definition) is 1. The number of halogens is 1. The van der Waals surface area contributed by atoms with Gasteiger partial charge in [0.2, 0.25) is 0 Å². The molecule has 0 radical (unpaired) electrons. The Balaban J connectivity index is 2.92. The summed E-state index contributed by atoms with van der Waals surface area (Å²) in [6.07, 6.45) is 0. The van der Waals surface area contributed by atoms with Crippen molar-refractivity contribution in [3.63, 3.8) is 0 Å². The molecule has 0 amide bonds. The third kappa shape index (κ3) is 2.52. The fourth-order valence-electron chi connectivity index (χ4n) is 1.40. The summed E-state index contributed by atoms with van der Waals surface area (Å²) in [6, 6.07) is 9.25. The average Bonchev–Trinajstić information content (AvgIpc) is 2.05. The Morgan fingerprint density at radius 2 is 1.85 bits per heavy atom. The maximum absolute atomic E-state index is 13.6. The molecule has 72 valence electrons. The molecule has 1 rings (SSSR count). The lowest BCUT2D eigenvalue weighted by atomic mass is 9.87. The van der Waals surface area contributed by atoms with Crippen LogP contribution < -0.4 is 0 Å². The average molecular weight is 182 g/mol. The van der Waals surface area contributed by atoms with Gasteiger partial charge in [-0.2, -0.15) is 0 Å². The molecule has 0 aromatic heterocycles. The number of rotatable bonds is 3. The highest BCUT2D eigenvalue weighted by Crippen LogP contribution is 2.30. The topological polar surface area (TPSA) is 20.2 Å². The molecule has 1 atom stereocenters. The van der Waals surface area contributed by atoms with Crippen molar-refractivity contribution in [3.8, 4) is 0 Å². The SMILES string of the molecule is CC(C)(F)C(CO)c1ccccc1. The van der Waals surface area contributed by atoms with Crippen LogP contribution in [0.15, 0.2) is 30.3 Å². The normalized spacial score (nSPS) is 14.2. The second-order valence-electron chi connectivity index (χ2n) is 3.71. The first-order valence-electron chi connectivity index (χ1n) is 4.40. The Morgan fingerprint density at radius 3 is 2.23 bits per heavy atom. The van der Waals surface area contributed by atoms with E-state index in [1.807, 2.05) is 30.3 Å². The lowest BCUT2D eigenvalue weighted by molar-refractivity contribution is 0.119. The van der Waals surface area contributed by atoms with Gasteiger partial charge in [0.05, 0.1) is 6.61 Å². The molecule has 0 heterocycles. The van der Waals surface area contributed by atoms with Gasteiger partial charge in [-0.25, -0.2) is 4.39 Å². The summed E-state index contributed by atoms with van der Waals surface area (Å²) in [6.45, 7) is 2.81. The fraction of sp³-hybridized carbons (Fsp3) is 0.455. The van der Waals surface area contributed by atoms with Gasteiger partial charge in [0.1, 0.15) is 5.67 Å². The molecule has 0 aliphatic heterocycles. The van der Waals surface area contributed by atoms with Crippen molar-refractivity contribution in [1.82, 2.24) is 0 Å². The van der Waals surface area contributed by atoms with Crippen LogP contribution in [0.25, 0.3) is 0 Å². The molecule has 1 nitrogen and oxygen atoms in total. The van der Waals surface area contributed by atoms with Gasteiger partial charge in [-0.15, -0.1) is 0 Å². The summed E-state index contributed by atoms with van der Waals surface area (Å²) in [5, 5.41) is 9.08. The monoisotopic (exact) mass is 182 g/mol. The van der Waals surface area contributed by atoms with Crippen LogP contribution in [0.2, 0.25) is 0 Å². The maximum Gasteiger partial charge on any atom is 0.114 e. The van der Waals surface area contributed by atoms with Crippen LogP contribution in [0.1, 0.15) is 25.3 Å². The highest BCUT2D eigenvalue weighted by atomic mass is 19.1. The van der Waals surface area contributed by atoms with E-state index in [4.69, 9.17) is 5.11 Å². The van der Waals surface area contributed by atoms with Gasteiger partial charge in [0, 0.05) is 5.92 Å². The second kappa shape index (κ2) is 3.88. The van der Waals surface area contributed by atoms with Crippen molar-refractivity contribution in [3.05, 3.63) is 35.9 Å². The Kier molecular flexibility index (Phi) is 3.04. The predicted octanol–water partition coefficient (Wildman–Crippen LogP) is 2.51. The smallest absolute Gasteiger partial charge is 0.114 e. The summed E-state index contributed by atoms with van der Waals surface area (Å²) in [7, 11) is 0. The number of aliphatic hydroxyl groups is 1. The van der Waals surface area contributed by atoms with E-state index < -0.39 is 11.6 Å². The molecule has 1 unspecified atom stereocenters. The Labute approximate surface area is 78.2 Å². The van der Waals surface area contributed by atoms with E-state index in [1.165, 1.54) is 13.8 Å². The molecule has 0 bridgehead atoms. The number of hydrogen-bond donors (Lipinski definition) is 1. The van der Waals surface area contributed by atoms with Crippen LogP contribution in [-0.2, 0) is 0 Å². The first kappa shape index (κ1) is 10.2. The first-order chi connectivity index (χ1) is 6.05. The molecule has 0 saturated heterocycles. The molecule has 0 aliphatic rings. The van der Waals surface area contributed by atoms with Crippen LogP contribution in [0.5, 0.6) is 0 Å². The van der Waals surface area contributed by atoms with Gasteiger partial charge in [0.15, 0.2) is 0 Å². The van der Waals surface area contributed by atoms with Crippen molar-refractivity contribution >= 4 is 0 Å². The summed E-state index contributed by atoms with van der Waals surface area (Å²) in [5.74, 6) is -0.436. The molecular formula is C11H15FO. The molecule has 1 aromatic carbocycles. The highest BCUT2D eigenvalue weighted by molar-refractivity contribution is 5.22. The Bertz CT molecular complexity index is 251. The van der Waals surface area contributed by atoms with Crippen molar-refractivity contribution < 1.29 is 9.50 Å². The van der Waals surface area contributed by atoms with Gasteiger partial charge >= 0.3 is 0 Å². The minimum atomic E-state index is -1.38. The van der Waals surface area contributed by atoms with Gasteiger partial charge < -0.3 is 5.11 Å². The fourth-order valence-corrected chi connectivity index (χ4v) is 1.40. The van der Waals surface area contributed by atoms with Crippen molar-refractivity contribution in [1.29, 1.82) is 0 Å². The van der Waals surface area contributed by atoms with Crippen LogP contribution in [-0.4, -0.2) is 17.4 Å². The maximum atomic E-state index is 13.6. The summed E-state index contributed by atoms with van der Waals surface area (Å²) in [4.78, 5) is 0. The lowest BCUT2D eigenvalue weighted by Crippen LogP contribution is -2.26. The summed E-state index contributed by atoms with van der Waals surface area (Å²) < 4.78 is 13.6. The minimum absolute atomic E-state index is 0.159. The number of alkyl halides is 1. The highest BCUT2D eigenvalue weighted by Gasteiger charge is 2.29. The Hall–Kier alpha value is -0.890. The molecule has 0 fully saturated rings. The van der Waals surface area contributed by atoms with Crippen molar-refractivity contribution in [2.45, 2.75) is 25.4 Å². The van der Waals surface area contributed by atoms with Crippen LogP contribution >= 0.6 is 0 Å². The van der Waals surface area contributed by atoms with Crippen LogP contribution in [0, 0.1) is 0 Å². The third-order valence-electron chi connectivity index (χ3n) is 2.21. The van der Waals surface area contributed by atoms with Gasteiger partial charge in [0.25, 0.3) is 0 Å². The molecule has 2 heteroatoms. The third-order valence-corrected chi connectivity index (χ3v) is 2.21. The largest absolute Gasteiger partial charge is 0.396 e. The van der Waals surface area contributed by atoms with E-state index in [-0.39, 0.29) is 6.61 Å². The van der Waals surface area contributed by atoms with Gasteiger partial charge in [-0.1, -0.05) is 30.3 Å². The van der Waals surface area contributed by atoms with Crippen LogP contribution in [0.3, 0.4) is 0 Å². The van der Waals surface area contributed by atoms with Crippen LogP contribution in [0.4, 0.5) is 4.39 Å². The van der Waals surface area contributed by atoms with E-state index in [1.54, 1.807) is 0 Å². The van der Waals surface area contributed by atoms with Crippen molar-refractivity contribution in [2.75, 3.05) is 6.61 Å². The zero-order valence-corrected chi connectivity index (χ0v) is 8.00. The van der Waals surface area contributed by atoms with Gasteiger partial charge in [-0.3, -0.25) is 0 Å². The van der Waals surface area contributed by atoms with E-state index in [0.29, 0.717) is 0 Å². The zero-order chi connectivity index (χ0) is 9.90. The van der Waals surface area contributed by atoms with Crippen molar-refractivity contribution in [2.24, 2.45) is 0 Å². The lowest BCUT2D eigenvalue weighted by Gasteiger charge is -2.25. The number of aliphatic hydroxyl groups excluding tert-OH is 1. The van der Waals surface area contributed by atoms with E-state index in [9.17, 15) is 4.39 Å². The second-order valence-corrected chi connectivity index (χ2v) is 3.71. The number of benzene rings is 1. The molecule has 13 heavy (non-hydrogen) atoms. The van der Waals surface area contributed by atoms with Gasteiger partial charge in [-0.05, 0) is 19.4 Å². The summed E-state index contributed by atoms with van der Waals surface area (Å²) in [5.41, 5.74) is -0.534. The molecule has 0 aliphatic carbocycles. The quantitative estimate of drug-likeness (QED) is 0.761. The molecule has 0 spiro atoms. The minimum Gasteiger partial charge on any atom is -0.396 e. The Morgan fingerprint density at radius 1 is 1.31 bits per heavy atom. The standard InChI is InChI=1S/C11H15FO/c1-11(2,12)10(8-13)9-6-4-3-5-7-9/h3-7,10,13H,8H2,1-2H3.